The van der Waals surface area contributed by atoms with Crippen LogP contribution in [0, 0.1) is 13.8 Å². The summed E-state index contributed by atoms with van der Waals surface area (Å²) in [5.74, 6) is 1.41. The van der Waals surface area contributed by atoms with Gasteiger partial charge in [-0.1, -0.05) is 0 Å². The van der Waals surface area contributed by atoms with E-state index in [9.17, 15) is 8.42 Å². The van der Waals surface area contributed by atoms with Crippen molar-refractivity contribution in [1.29, 1.82) is 0 Å². The molecule has 3 heterocycles. The molecule has 0 saturated heterocycles. The van der Waals surface area contributed by atoms with Crippen molar-refractivity contribution in [1.82, 2.24) is 20.0 Å². The molecule has 0 amide bonds. The second-order valence-electron chi connectivity index (χ2n) is 6.23. The van der Waals surface area contributed by atoms with Crippen molar-refractivity contribution in [3.63, 3.8) is 0 Å². The van der Waals surface area contributed by atoms with Gasteiger partial charge in [-0.3, -0.25) is 4.72 Å². The standard InChI is InChI=1S/C19H17N5O3S2/c1-13-11-12-24(22-13)17-8-9-18(21-20-17)27-16-6-4-15(5-7-16)23-29(25,26)19-10-3-14(2)28-19/h3-12,23H,1-2H3. The summed E-state index contributed by atoms with van der Waals surface area (Å²) in [4.78, 5) is 0.934. The molecule has 148 valence electrons. The van der Waals surface area contributed by atoms with Crippen molar-refractivity contribution in [2.24, 2.45) is 0 Å². The quantitative estimate of drug-likeness (QED) is 0.500. The third-order valence-corrected chi connectivity index (χ3v) is 6.77. The summed E-state index contributed by atoms with van der Waals surface area (Å²) in [5, 5.41) is 12.4. The van der Waals surface area contributed by atoms with E-state index < -0.39 is 10.0 Å². The summed E-state index contributed by atoms with van der Waals surface area (Å²) in [6, 6.07) is 15.2. The van der Waals surface area contributed by atoms with Crippen LogP contribution in [-0.4, -0.2) is 28.4 Å². The molecule has 0 unspecified atom stereocenters. The summed E-state index contributed by atoms with van der Waals surface area (Å²) in [6.07, 6.45) is 1.80. The predicted octanol–water partition coefficient (Wildman–Crippen LogP) is 3.93. The normalized spacial score (nSPS) is 11.4. The Hall–Kier alpha value is -3.24. The van der Waals surface area contributed by atoms with Crippen LogP contribution in [0.2, 0.25) is 0 Å². The number of anilines is 1. The second kappa shape index (κ2) is 7.64. The van der Waals surface area contributed by atoms with Gasteiger partial charge in [-0.15, -0.1) is 21.5 Å². The first-order valence-corrected chi connectivity index (χ1v) is 10.9. The molecule has 0 fully saturated rings. The number of ether oxygens (including phenoxy) is 1. The highest BCUT2D eigenvalue weighted by molar-refractivity contribution is 7.94. The van der Waals surface area contributed by atoms with Crippen LogP contribution in [-0.2, 0) is 10.0 Å². The first-order valence-electron chi connectivity index (χ1n) is 8.63. The van der Waals surface area contributed by atoms with Crippen LogP contribution in [0.5, 0.6) is 11.6 Å². The number of nitrogens with one attached hydrogen (secondary N) is 1. The fourth-order valence-corrected chi connectivity index (χ4v) is 4.85. The van der Waals surface area contributed by atoms with Crippen molar-refractivity contribution in [2.45, 2.75) is 18.1 Å². The summed E-state index contributed by atoms with van der Waals surface area (Å²) < 4.78 is 34.9. The number of aromatic nitrogens is 4. The van der Waals surface area contributed by atoms with Crippen LogP contribution < -0.4 is 9.46 Å². The van der Waals surface area contributed by atoms with E-state index in [1.54, 1.807) is 59.4 Å². The average molecular weight is 428 g/mol. The van der Waals surface area contributed by atoms with E-state index in [0.717, 1.165) is 10.6 Å². The van der Waals surface area contributed by atoms with Crippen LogP contribution in [0.25, 0.3) is 5.82 Å². The molecule has 4 aromatic rings. The maximum Gasteiger partial charge on any atom is 0.271 e. The van der Waals surface area contributed by atoms with Crippen LogP contribution in [0.15, 0.2) is 65.0 Å². The van der Waals surface area contributed by atoms with Gasteiger partial charge in [0.2, 0.25) is 5.88 Å². The fourth-order valence-electron chi connectivity index (χ4n) is 2.51. The van der Waals surface area contributed by atoms with E-state index in [0.29, 0.717) is 23.1 Å². The van der Waals surface area contributed by atoms with Gasteiger partial charge in [0, 0.05) is 22.8 Å². The molecule has 0 radical (unpaired) electrons. The zero-order valence-electron chi connectivity index (χ0n) is 15.6. The van der Waals surface area contributed by atoms with Crippen molar-refractivity contribution < 1.29 is 13.2 Å². The first kappa shape index (κ1) is 19.1. The van der Waals surface area contributed by atoms with Crippen molar-refractivity contribution in [3.8, 4) is 17.4 Å². The number of hydrogen-bond acceptors (Lipinski definition) is 7. The van der Waals surface area contributed by atoms with Gasteiger partial charge < -0.3 is 4.74 Å². The smallest absolute Gasteiger partial charge is 0.271 e. The molecule has 0 aliphatic heterocycles. The molecule has 10 heteroatoms. The Bertz CT molecular complexity index is 1230. The average Bonchev–Trinajstić information content (AvgIpc) is 3.33. The molecule has 0 saturated carbocycles. The SMILES string of the molecule is Cc1ccn(-c2ccc(Oc3ccc(NS(=O)(=O)c4ccc(C)s4)cc3)nn2)n1. The number of nitrogens with zero attached hydrogens (tertiary/aromatic N) is 4. The van der Waals surface area contributed by atoms with Gasteiger partial charge >= 0.3 is 0 Å². The van der Waals surface area contributed by atoms with E-state index >= 15 is 0 Å². The Balaban J connectivity index is 1.43. The van der Waals surface area contributed by atoms with E-state index in [4.69, 9.17) is 4.74 Å². The molecule has 3 aromatic heterocycles. The first-order chi connectivity index (χ1) is 13.9. The minimum absolute atomic E-state index is 0.276. The van der Waals surface area contributed by atoms with Crippen LogP contribution in [0.4, 0.5) is 5.69 Å². The lowest BCUT2D eigenvalue weighted by molar-refractivity contribution is 0.454. The number of rotatable bonds is 6. The molecule has 29 heavy (non-hydrogen) atoms. The Morgan fingerprint density at radius 1 is 0.966 bits per heavy atom. The van der Waals surface area contributed by atoms with Gasteiger partial charge in [0.05, 0.1) is 5.69 Å². The largest absolute Gasteiger partial charge is 0.438 e. The van der Waals surface area contributed by atoms with E-state index in [-0.39, 0.29) is 4.21 Å². The predicted molar refractivity (Wildman–Crippen MR) is 110 cm³/mol. The van der Waals surface area contributed by atoms with Crippen LogP contribution in [0.3, 0.4) is 0 Å². The van der Waals surface area contributed by atoms with Gasteiger partial charge in [0.25, 0.3) is 10.0 Å². The number of hydrogen-bond donors (Lipinski definition) is 1. The van der Waals surface area contributed by atoms with Gasteiger partial charge in [0.15, 0.2) is 5.82 Å². The zero-order chi connectivity index (χ0) is 20.4. The Labute approximate surface area is 171 Å². The van der Waals surface area contributed by atoms with Crippen LogP contribution >= 0.6 is 11.3 Å². The lowest BCUT2D eigenvalue weighted by Crippen LogP contribution is -2.11. The zero-order valence-corrected chi connectivity index (χ0v) is 17.2. The highest BCUT2D eigenvalue weighted by Crippen LogP contribution is 2.25. The third-order valence-electron chi connectivity index (χ3n) is 3.89. The molecule has 0 bridgehead atoms. The number of aryl methyl sites for hydroxylation is 2. The van der Waals surface area contributed by atoms with Crippen LogP contribution in [0.1, 0.15) is 10.6 Å². The van der Waals surface area contributed by atoms with Gasteiger partial charge in [-0.25, -0.2) is 13.1 Å². The minimum atomic E-state index is -3.60. The Morgan fingerprint density at radius 2 is 1.76 bits per heavy atom. The summed E-state index contributed by atoms with van der Waals surface area (Å²) in [7, 11) is -3.60. The molecule has 1 N–H and O–H groups in total. The van der Waals surface area contributed by atoms with E-state index in [1.807, 2.05) is 19.9 Å². The van der Waals surface area contributed by atoms with Gasteiger partial charge in [-0.05, 0) is 62.4 Å². The maximum absolute atomic E-state index is 12.4. The Morgan fingerprint density at radius 3 is 2.34 bits per heavy atom. The lowest BCUT2D eigenvalue weighted by atomic mass is 10.3. The molecule has 1 aromatic carbocycles. The molecular weight excluding hydrogens is 410 g/mol. The molecular formula is C19H17N5O3S2. The molecule has 0 spiro atoms. The third kappa shape index (κ3) is 4.44. The topological polar surface area (TPSA) is 99.0 Å². The lowest BCUT2D eigenvalue weighted by Gasteiger charge is -2.08. The van der Waals surface area contributed by atoms with E-state index in [1.165, 1.54) is 11.3 Å². The second-order valence-corrected chi connectivity index (χ2v) is 9.43. The number of sulfonamides is 1. The summed E-state index contributed by atoms with van der Waals surface area (Å²) in [6.45, 7) is 3.76. The highest BCUT2D eigenvalue weighted by Gasteiger charge is 2.16. The minimum Gasteiger partial charge on any atom is -0.438 e. The van der Waals surface area contributed by atoms with Gasteiger partial charge in [0.1, 0.15) is 9.96 Å². The maximum atomic E-state index is 12.4. The summed E-state index contributed by atoms with van der Waals surface area (Å²) in [5.41, 5.74) is 1.33. The highest BCUT2D eigenvalue weighted by atomic mass is 32.2. The molecule has 0 aliphatic carbocycles. The number of benzene rings is 1. The fraction of sp³-hybridized carbons (Fsp3) is 0.105. The molecule has 4 rings (SSSR count). The monoisotopic (exact) mass is 427 g/mol. The number of thiophene rings is 1. The Kier molecular flexibility index (Phi) is 5.03. The molecule has 0 atom stereocenters. The van der Waals surface area contributed by atoms with Crippen molar-refractivity contribution in [3.05, 3.63) is 71.4 Å². The van der Waals surface area contributed by atoms with E-state index in [2.05, 4.69) is 20.0 Å². The molecule has 0 aliphatic rings. The summed E-state index contributed by atoms with van der Waals surface area (Å²) >= 11 is 1.22. The molecule has 8 nitrogen and oxygen atoms in total. The van der Waals surface area contributed by atoms with Crippen molar-refractivity contribution >= 4 is 27.0 Å². The van der Waals surface area contributed by atoms with Crippen molar-refractivity contribution in [2.75, 3.05) is 4.72 Å². The van der Waals surface area contributed by atoms with Gasteiger partial charge in [-0.2, -0.15) is 5.10 Å².